The van der Waals surface area contributed by atoms with Crippen LogP contribution in [0.5, 0.6) is 0 Å². The first-order valence-electron chi connectivity index (χ1n) is 8.55. The van der Waals surface area contributed by atoms with E-state index in [0.29, 0.717) is 30.9 Å². The van der Waals surface area contributed by atoms with E-state index in [1.165, 1.54) is 8.99 Å². The maximum absolute atomic E-state index is 12.9. The lowest BCUT2D eigenvalue weighted by atomic mass is 10.1. The monoisotopic (exact) mass is 361 g/mol. The molecule has 1 saturated heterocycles. The van der Waals surface area contributed by atoms with E-state index < -0.39 is 10.0 Å². The van der Waals surface area contributed by atoms with Crippen molar-refractivity contribution in [2.75, 3.05) is 13.1 Å². The molecule has 7 heteroatoms. The highest BCUT2D eigenvalue weighted by atomic mass is 32.2. The number of carbonyl (C=O) groups excluding carboxylic acids is 1. The lowest BCUT2D eigenvalue weighted by Gasteiger charge is -2.15. The molecule has 0 saturated carbocycles. The van der Waals surface area contributed by atoms with Crippen LogP contribution in [0.4, 0.5) is 0 Å². The van der Waals surface area contributed by atoms with Gasteiger partial charge >= 0.3 is 0 Å². The number of aromatic nitrogens is 2. The van der Waals surface area contributed by atoms with E-state index in [9.17, 15) is 13.2 Å². The molecule has 1 aromatic heterocycles. The summed E-state index contributed by atoms with van der Waals surface area (Å²) in [6.45, 7) is 4.38. The first-order valence-corrected chi connectivity index (χ1v) is 9.99. The third kappa shape index (κ3) is 3.52. The van der Waals surface area contributed by atoms with Gasteiger partial charge in [0.15, 0.2) is 0 Å². The van der Waals surface area contributed by atoms with E-state index in [0.717, 1.165) is 18.4 Å². The molecule has 6 nitrogen and oxygen atoms in total. The van der Waals surface area contributed by atoms with Crippen molar-refractivity contribution in [3.8, 4) is 0 Å². The fourth-order valence-electron chi connectivity index (χ4n) is 3.30. The van der Waals surface area contributed by atoms with E-state index in [2.05, 4.69) is 5.10 Å². The minimum atomic E-state index is -3.58. The Balaban J connectivity index is 1.83. The van der Waals surface area contributed by atoms with Gasteiger partial charge in [-0.25, -0.2) is 13.1 Å². The largest absolute Gasteiger partial charge is 0.273 e. The van der Waals surface area contributed by atoms with Crippen molar-refractivity contribution in [1.29, 1.82) is 0 Å². The quantitative estimate of drug-likeness (QED) is 0.820. The maximum atomic E-state index is 12.9. The first kappa shape index (κ1) is 17.8. The number of aryl methyl sites for hydroxylation is 2. The molecule has 0 atom stereocenters. The van der Waals surface area contributed by atoms with Crippen LogP contribution >= 0.6 is 0 Å². The number of rotatable bonds is 5. The molecule has 0 bridgehead atoms. The molecule has 0 spiro atoms. The van der Waals surface area contributed by atoms with Gasteiger partial charge in [-0.3, -0.25) is 4.79 Å². The summed E-state index contributed by atoms with van der Waals surface area (Å²) in [6.07, 6.45) is 2.64. The normalized spacial score (nSPS) is 15.6. The molecule has 1 aromatic carbocycles. The van der Waals surface area contributed by atoms with Crippen LogP contribution in [-0.4, -0.2) is 41.5 Å². The van der Waals surface area contributed by atoms with Gasteiger partial charge in [-0.15, -0.1) is 0 Å². The molecule has 0 aliphatic carbocycles. The fourth-order valence-corrected chi connectivity index (χ4v) is 5.17. The molecule has 3 rings (SSSR count). The highest BCUT2D eigenvalue weighted by Gasteiger charge is 2.33. The van der Waals surface area contributed by atoms with Crippen LogP contribution in [0, 0.1) is 13.8 Å². The molecule has 2 heterocycles. The zero-order valence-corrected chi connectivity index (χ0v) is 15.4. The van der Waals surface area contributed by atoms with E-state index in [4.69, 9.17) is 0 Å². The van der Waals surface area contributed by atoms with E-state index in [-0.39, 0.29) is 17.2 Å². The van der Waals surface area contributed by atoms with Crippen LogP contribution in [-0.2, 0) is 16.4 Å². The second-order valence-electron chi connectivity index (χ2n) is 6.40. The Bertz CT molecular complexity index is 866. The minimum Gasteiger partial charge on any atom is -0.273 e. The standard InChI is InChI=1S/C18H23N3O3S/c1-14-18(25(23,24)20-12-6-7-13-20)15(2)21(19-14)17(22)11-10-16-8-4-3-5-9-16/h3-5,8-9H,6-7,10-13H2,1-2H3. The third-order valence-corrected chi connectivity index (χ3v) is 6.75. The molecule has 0 radical (unpaired) electrons. The molecule has 1 aliphatic rings. The predicted molar refractivity (Wildman–Crippen MR) is 95.1 cm³/mol. The number of carbonyl (C=O) groups is 1. The van der Waals surface area contributed by atoms with Crippen molar-refractivity contribution >= 4 is 15.9 Å². The van der Waals surface area contributed by atoms with Gasteiger partial charge in [-0.05, 0) is 38.7 Å². The lowest BCUT2D eigenvalue weighted by molar-refractivity contribution is 0.0884. The number of hydrogen-bond donors (Lipinski definition) is 0. The van der Waals surface area contributed by atoms with Crippen LogP contribution in [0.3, 0.4) is 0 Å². The number of benzene rings is 1. The van der Waals surface area contributed by atoms with Crippen molar-refractivity contribution in [3.05, 3.63) is 47.3 Å². The summed E-state index contributed by atoms with van der Waals surface area (Å²) in [4.78, 5) is 12.7. The highest BCUT2D eigenvalue weighted by molar-refractivity contribution is 7.89. The molecular formula is C18H23N3O3S. The Morgan fingerprint density at radius 3 is 2.40 bits per heavy atom. The number of sulfonamides is 1. The van der Waals surface area contributed by atoms with E-state index in [1.807, 2.05) is 30.3 Å². The summed E-state index contributed by atoms with van der Waals surface area (Å²) < 4.78 is 28.4. The van der Waals surface area contributed by atoms with Crippen LogP contribution in [0.15, 0.2) is 35.2 Å². The molecular weight excluding hydrogens is 338 g/mol. The molecule has 2 aromatic rings. The summed E-state index contributed by atoms with van der Waals surface area (Å²) in [5, 5.41) is 4.22. The Morgan fingerprint density at radius 2 is 1.76 bits per heavy atom. The van der Waals surface area contributed by atoms with Gasteiger partial charge in [0.2, 0.25) is 15.9 Å². The summed E-state index contributed by atoms with van der Waals surface area (Å²) in [5.74, 6) is -0.188. The molecule has 1 fully saturated rings. The zero-order valence-electron chi connectivity index (χ0n) is 14.6. The van der Waals surface area contributed by atoms with Crippen molar-refractivity contribution < 1.29 is 13.2 Å². The summed E-state index contributed by atoms with van der Waals surface area (Å²) >= 11 is 0. The molecule has 0 unspecified atom stereocenters. The molecule has 25 heavy (non-hydrogen) atoms. The first-order chi connectivity index (χ1) is 11.9. The van der Waals surface area contributed by atoms with Crippen molar-refractivity contribution in [2.24, 2.45) is 0 Å². The minimum absolute atomic E-state index is 0.183. The van der Waals surface area contributed by atoms with E-state index in [1.54, 1.807) is 13.8 Å². The van der Waals surface area contributed by atoms with Crippen molar-refractivity contribution in [1.82, 2.24) is 14.1 Å². The Hall–Kier alpha value is -1.99. The maximum Gasteiger partial charge on any atom is 0.247 e. The predicted octanol–water partition coefficient (Wildman–Crippen LogP) is 2.56. The Kier molecular flexibility index (Phi) is 5.06. The Morgan fingerprint density at radius 1 is 1.12 bits per heavy atom. The van der Waals surface area contributed by atoms with Gasteiger partial charge in [0.05, 0.1) is 11.4 Å². The van der Waals surface area contributed by atoms with Gasteiger partial charge in [-0.1, -0.05) is 30.3 Å². The average molecular weight is 361 g/mol. The van der Waals surface area contributed by atoms with Gasteiger partial charge in [0.1, 0.15) is 4.90 Å². The number of nitrogens with zero attached hydrogens (tertiary/aromatic N) is 3. The average Bonchev–Trinajstić information content (AvgIpc) is 3.22. The molecule has 0 amide bonds. The van der Waals surface area contributed by atoms with Crippen molar-refractivity contribution in [3.63, 3.8) is 0 Å². The molecule has 0 N–H and O–H groups in total. The van der Waals surface area contributed by atoms with Gasteiger partial charge in [0, 0.05) is 19.5 Å². The summed E-state index contributed by atoms with van der Waals surface area (Å²) in [5.41, 5.74) is 1.86. The highest BCUT2D eigenvalue weighted by Crippen LogP contribution is 2.26. The second kappa shape index (κ2) is 7.09. The van der Waals surface area contributed by atoms with Crippen LogP contribution < -0.4 is 0 Å². The molecule has 1 aliphatic heterocycles. The van der Waals surface area contributed by atoms with Gasteiger partial charge in [0.25, 0.3) is 0 Å². The second-order valence-corrected chi connectivity index (χ2v) is 8.28. The third-order valence-electron chi connectivity index (χ3n) is 4.59. The fraction of sp³-hybridized carbons (Fsp3) is 0.444. The number of hydrogen-bond acceptors (Lipinski definition) is 4. The van der Waals surface area contributed by atoms with E-state index >= 15 is 0 Å². The van der Waals surface area contributed by atoms with Gasteiger partial charge < -0.3 is 0 Å². The smallest absolute Gasteiger partial charge is 0.247 e. The zero-order chi connectivity index (χ0) is 18.0. The molecule has 134 valence electrons. The summed E-state index contributed by atoms with van der Waals surface area (Å²) in [6, 6.07) is 9.74. The summed E-state index contributed by atoms with van der Waals surface area (Å²) in [7, 11) is -3.58. The van der Waals surface area contributed by atoms with Crippen LogP contribution in [0.2, 0.25) is 0 Å². The van der Waals surface area contributed by atoms with Gasteiger partial charge in [-0.2, -0.15) is 9.40 Å². The van der Waals surface area contributed by atoms with Crippen LogP contribution in [0.25, 0.3) is 0 Å². The Labute approximate surface area is 148 Å². The lowest BCUT2D eigenvalue weighted by Crippen LogP contribution is -2.29. The van der Waals surface area contributed by atoms with Crippen LogP contribution in [0.1, 0.15) is 41.0 Å². The van der Waals surface area contributed by atoms with Crippen molar-refractivity contribution in [2.45, 2.75) is 44.4 Å². The topological polar surface area (TPSA) is 72.3 Å². The SMILES string of the molecule is Cc1nn(C(=O)CCc2ccccc2)c(C)c1S(=O)(=O)N1CCCC1.